The maximum Gasteiger partial charge on any atom is 0.00186 e. The average molecular weight is 169 g/mol. The molecule has 72 valence electrons. The van der Waals surface area contributed by atoms with Gasteiger partial charge in [0.25, 0.3) is 0 Å². The van der Waals surface area contributed by atoms with Gasteiger partial charge >= 0.3 is 0 Å². The Bertz CT molecular complexity index is 117. The van der Waals surface area contributed by atoms with Gasteiger partial charge in [-0.15, -0.1) is 0 Å². The molecule has 1 aliphatic rings. The predicted molar refractivity (Wildman–Crippen MR) is 56.5 cm³/mol. The van der Waals surface area contributed by atoms with Gasteiger partial charge in [-0.05, 0) is 26.3 Å². The van der Waals surface area contributed by atoms with Gasteiger partial charge in [-0.25, -0.2) is 0 Å². The minimum atomic E-state index is 1.22. The lowest BCUT2D eigenvalue weighted by molar-refractivity contribution is 0.270. The van der Waals surface area contributed by atoms with Crippen molar-refractivity contribution in [3.63, 3.8) is 0 Å². The molecular weight excluding hydrogens is 146 g/mol. The van der Waals surface area contributed by atoms with Gasteiger partial charge in [-0.1, -0.05) is 32.4 Å². The molecule has 0 atom stereocenters. The van der Waals surface area contributed by atoms with Crippen molar-refractivity contribution >= 4 is 0 Å². The number of piperidine rings is 1. The highest BCUT2D eigenvalue weighted by Crippen LogP contribution is 2.14. The molecule has 12 heavy (non-hydrogen) atoms. The van der Waals surface area contributed by atoms with E-state index in [1.165, 1.54) is 32.5 Å². The molecule has 0 spiro atoms. The number of hydrogen-bond acceptors (Lipinski definition) is 1. The van der Waals surface area contributed by atoms with E-state index in [-0.39, 0.29) is 0 Å². The lowest BCUT2D eigenvalue weighted by Gasteiger charge is -2.26. The second-order valence-corrected chi connectivity index (χ2v) is 2.88. The second kappa shape index (κ2) is 7.35. The van der Waals surface area contributed by atoms with E-state index in [2.05, 4.69) is 24.8 Å². The van der Waals surface area contributed by atoms with Crippen LogP contribution in [0.25, 0.3) is 0 Å². The molecule has 0 radical (unpaired) electrons. The van der Waals surface area contributed by atoms with Crippen LogP contribution in [0.4, 0.5) is 0 Å². The summed E-state index contributed by atoms with van der Waals surface area (Å²) in [6, 6.07) is 0. The Morgan fingerprint density at radius 3 is 2.08 bits per heavy atom. The summed E-state index contributed by atoms with van der Waals surface area (Å²) in [6.45, 7) is 12.2. The third-order valence-corrected chi connectivity index (χ3v) is 2.35. The molecule has 0 aromatic carbocycles. The Morgan fingerprint density at radius 1 is 1.25 bits per heavy atom. The van der Waals surface area contributed by atoms with Gasteiger partial charge in [0.1, 0.15) is 0 Å². The Hall–Kier alpha value is -0.300. The third kappa shape index (κ3) is 3.91. The Kier molecular flexibility index (Phi) is 7.17. The summed E-state index contributed by atoms with van der Waals surface area (Å²) in [5.41, 5.74) is 1.64. The minimum Gasteiger partial charge on any atom is -0.303 e. The van der Waals surface area contributed by atoms with Gasteiger partial charge in [0, 0.05) is 13.1 Å². The molecule has 1 rings (SSSR count). The molecule has 0 bridgehead atoms. The highest BCUT2D eigenvalue weighted by atomic mass is 15.1. The summed E-state index contributed by atoms with van der Waals surface area (Å²) >= 11 is 0. The lowest BCUT2D eigenvalue weighted by atomic mass is 10.0. The quantitative estimate of drug-likeness (QED) is 0.545. The van der Waals surface area contributed by atoms with Crippen LogP contribution >= 0.6 is 0 Å². The van der Waals surface area contributed by atoms with Crippen LogP contribution in [0.5, 0.6) is 0 Å². The third-order valence-electron chi connectivity index (χ3n) is 2.35. The summed E-state index contributed by atoms with van der Waals surface area (Å²) in [4.78, 5) is 2.51. The van der Waals surface area contributed by atoms with E-state index in [4.69, 9.17) is 0 Å². The van der Waals surface area contributed by atoms with Crippen LogP contribution in [0.3, 0.4) is 0 Å². The van der Waals surface area contributed by atoms with E-state index in [0.717, 1.165) is 0 Å². The van der Waals surface area contributed by atoms with E-state index in [9.17, 15) is 0 Å². The number of allylic oxidation sites excluding steroid dienone is 1. The van der Waals surface area contributed by atoms with Gasteiger partial charge < -0.3 is 4.90 Å². The predicted octanol–water partition coefficient (Wildman–Crippen LogP) is 3.07. The molecule has 1 aliphatic heterocycles. The van der Waals surface area contributed by atoms with E-state index in [1.54, 1.807) is 5.57 Å². The lowest BCUT2D eigenvalue weighted by Crippen LogP contribution is -2.30. The van der Waals surface area contributed by atoms with Crippen molar-refractivity contribution in [3.8, 4) is 0 Å². The second-order valence-electron chi connectivity index (χ2n) is 2.88. The smallest absolute Gasteiger partial charge is 0.00186 e. The molecule has 0 aliphatic carbocycles. The van der Waals surface area contributed by atoms with Crippen molar-refractivity contribution in [2.75, 3.05) is 19.6 Å². The first kappa shape index (κ1) is 11.7. The van der Waals surface area contributed by atoms with Gasteiger partial charge in [0.15, 0.2) is 0 Å². The van der Waals surface area contributed by atoms with Crippen LogP contribution in [0.15, 0.2) is 11.6 Å². The molecule has 0 N–H and O–H groups in total. The van der Waals surface area contributed by atoms with E-state index < -0.39 is 0 Å². The molecule has 0 aromatic rings. The SMILES string of the molecule is CC.CC=C1CCN(CC)CC1. The fourth-order valence-electron chi connectivity index (χ4n) is 1.45. The molecule has 0 saturated carbocycles. The fourth-order valence-corrected chi connectivity index (χ4v) is 1.45. The van der Waals surface area contributed by atoms with Crippen molar-refractivity contribution in [1.29, 1.82) is 0 Å². The van der Waals surface area contributed by atoms with Crippen LogP contribution in [-0.4, -0.2) is 24.5 Å². The number of hydrogen-bond donors (Lipinski definition) is 0. The zero-order chi connectivity index (χ0) is 9.40. The Balaban J connectivity index is 0.000000561. The maximum atomic E-state index is 2.51. The summed E-state index contributed by atoms with van der Waals surface area (Å²) in [5, 5.41) is 0. The van der Waals surface area contributed by atoms with Gasteiger partial charge in [0.2, 0.25) is 0 Å². The van der Waals surface area contributed by atoms with Crippen molar-refractivity contribution < 1.29 is 0 Å². The minimum absolute atomic E-state index is 1.22. The van der Waals surface area contributed by atoms with Gasteiger partial charge in [0.05, 0.1) is 0 Å². The highest BCUT2D eigenvalue weighted by Gasteiger charge is 2.09. The van der Waals surface area contributed by atoms with Crippen LogP contribution < -0.4 is 0 Å². The largest absolute Gasteiger partial charge is 0.303 e. The summed E-state index contributed by atoms with van der Waals surface area (Å²) in [6.07, 6.45) is 4.86. The molecule has 0 amide bonds. The number of likely N-dealkylation sites (tertiary alicyclic amines) is 1. The van der Waals surface area contributed by atoms with Crippen molar-refractivity contribution in [2.45, 2.75) is 40.5 Å². The topological polar surface area (TPSA) is 3.24 Å². The van der Waals surface area contributed by atoms with Crippen molar-refractivity contribution in [1.82, 2.24) is 4.90 Å². The standard InChI is InChI=1S/C9H17N.C2H6/c1-3-9-5-7-10(4-2)8-6-9;1-2/h3H,4-8H2,1-2H3;1-2H3. The summed E-state index contributed by atoms with van der Waals surface area (Å²) < 4.78 is 0. The Morgan fingerprint density at radius 2 is 1.75 bits per heavy atom. The van der Waals surface area contributed by atoms with Crippen LogP contribution in [0.1, 0.15) is 40.5 Å². The first-order valence-corrected chi connectivity index (χ1v) is 5.23. The molecule has 0 unspecified atom stereocenters. The zero-order valence-electron chi connectivity index (χ0n) is 9.06. The summed E-state index contributed by atoms with van der Waals surface area (Å²) in [7, 11) is 0. The van der Waals surface area contributed by atoms with Gasteiger partial charge in [-0.3, -0.25) is 0 Å². The molecule has 1 heteroatoms. The van der Waals surface area contributed by atoms with E-state index in [0.29, 0.717) is 0 Å². The first-order valence-electron chi connectivity index (χ1n) is 5.23. The number of nitrogens with zero attached hydrogens (tertiary/aromatic N) is 1. The molecule has 1 saturated heterocycles. The van der Waals surface area contributed by atoms with Crippen molar-refractivity contribution in [3.05, 3.63) is 11.6 Å². The van der Waals surface area contributed by atoms with Crippen LogP contribution in [0.2, 0.25) is 0 Å². The Labute approximate surface area is 77.5 Å². The zero-order valence-corrected chi connectivity index (χ0v) is 9.06. The van der Waals surface area contributed by atoms with E-state index >= 15 is 0 Å². The van der Waals surface area contributed by atoms with Crippen molar-refractivity contribution in [2.24, 2.45) is 0 Å². The fraction of sp³-hybridized carbons (Fsp3) is 0.818. The summed E-state index contributed by atoms with van der Waals surface area (Å²) in [5.74, 6) is 0. The molecule has 0 aromatic heterocycles. The van der Waals surface area contributed by atoms with Gasteiger partial charge in [-0.2, -0.15) is 0 Å². The molecule has 1 nitrogen and oxygen atoms in total. The first-order chi connectivity index (χ1) is 5.86. The normalized spacial score (nSPS) is 18.2. The molecule has 1 fully saturated rings. The maximum absolute atomic E-state index is 2.51. The molecular formula is C11H23N. The van der Waals surface area contributed by atoms with Crippen LogP contribution in [-0.2, 0) is 0 Å². The molecule has 1 heterocycles. The highest BCUT2D eigenvalue weighted by molar-refractivity contribution is 5.03. The van der Waals surface area contributed by atoms with Crippen LogP contribution in [0, 0.1) is 0 Å². The monoisotopic (exact) mass is 169 g/mol. The van der Waals surface area contributed by atoms with E-state index in [1.807, 2.05) is 13.8 Å². The number of rotatable bonds is 1. The average Bonchev–Trinajstić information content (AvgIpc) is 2.21.